The molecule has 5 rings (SSSR count). The first-order valence-electron chi connectivity index (χ1n) is 11.0. The van der Waals surface area contributed by atoms with Gasteiger partial charge in [-0.05, 0) is 48.6 Å². The SMILES string of the molecule is Cc1cc(C)c([N-]Cc2ccccc2C2c3ccccc3-c3ccccc32)c(C)c1.[Cl][Ti][Cl]. The number of benzene rings is 4. The zero-order valence-corrected chi connectivity index (χ0v) is 22.1. The molecule has 4 heteroatoms. The second-order valence-corrected chi connectivity index (χ2v) is 11.0. The summed E-state index contributed by atoms with van der Waals surface area (Å²) < 4.78 is 0. The zero-order valence-electron chi connectivity index (χ0n) is 19.1. The Balaban J connectivity index is 0.000000821. The fraction of sp³-hybridized carbons (Fsp3) is 0.172. The number of fused-ring (bicyclic) bond motifs is 3. The van der Waals surface area contributed by atoms with Crippen LogP contribution in [0.5, 0.6) is 0 Å². The van der Waals surface area contributed by atoms with E-state index >= 15 is 0 Å². The molecular formula is C29H26Cl2NTi-. The summed E-state index contributed by atoms with van der Waals surface area (Å²) in [6.45, 7) is 7.16. The predicted molar refractivity (Wildman–Crippen MR) is 138 cm³/mol. The van der Waals surface area contributed by atoms with E-state index in [9.17, 15) is 0 Å². The summed E-state index contributed by atoms with van der Waals surface area (Å²) >= 11 is -0.556. The third-order valence-electron chi connectivity index (χ3n) is 6.24. The summed E-state index contributed by atoms with van der Waals surface area (Å²) in [5.74, 6) is 0.268. The topological polar surface area (TPSA) is 14.1 Å². The molecule has 0 saturated carbocycles. The van der Waals surface area contributed by atoms with Crippen molar-refractivity contribution in [3.63, 3.8) is 0 Å². The molecule has 0 amide bonds. The third kappa shape index (κ3) is 5.08. The van der Waals surface area contributed by atoms with Crippen LogP contribution in [0.25, 0.3) is 16.4 Å². The van der Waals surface area contributed by atoms with Crippen LogP contribution in [0.3, 0.4) is 0 Å². The maximum atomic E-state index is 5.06. The molecule has 33 heavy (non-hydrogen) atoms. The van der Waals surface area contributed by atoms with Gasteiger partial charge >= 0.3 is 35.6 Å². The molecule has 0 fully saturated rings. The minimum absolute atomic E-state index is 0.268. The summed E-state index contributed by atoms with van der Waals surface area (Å²) in [4.78, 5) is 0. The number of nitrogens with zero attached hydrogens (tertiary/aromatic N) is 1. The van der Waals surface area contributed by atoms with Crippen molar-refractivity contribution in [2.24, 2.45) is 0 Å². The van der Waals surface area contributed by atoms with Crippen molar-refractivity contribution in [1.29, 1.82) is 0 Å². The van der Waals surface area contributed by atoms with E-state index in [0.717, 1.165) is 5.69 Å². The van der Waals surface area contributed by atoms with Crippen LogP contribution in [-0.4, -0.2) is 0 Å². The first kappa shape index (κ1) is 24.1. The molecule has 0 heterocycles. The van der Waals surface area contributed by atoms with Gasteiger partial charge in [-0.15, -0.1) is 12.2 Å². The Morgan fingerprint density at radius 2 is 1.15 bits per heavy atom. The van der Waals surface area contributed by atoms with Gasteiger partial charge in [0.15, 0.2) is 0 Å². The molecule has 0 radical (unpaired) electrons. The fourth-order valence-electron chi connectivity index (χ4n) is 5.04. The molecule has 1 nitrogen and oxygen atoms in total. The first-order valence-corrected chi connectivity index (χ1v) is 15.3. The van der Waals surface area contributed by atoms with E-state index in [1.54, 1.807) is 0 Å². The molecule has 0 unspecified atom stereocenters. The summed E-state index contributed by atoms with van der Waals surface area (Å²) in [5, 5.41) is 5.06. The average molecular weight is 507 g/mol. The Kier molecular flexibility index (Phi) is 7.99. The van der Waals surface area contributed by atoms with E-state index in [0.29, 0.717) is 6.54 Å². The molecule has 0 N–H and O–H groups in total. The van der Waals surface area contributed by atoms with Crippen molar-refractivity contribution in [1.82, 2.24) is 0 Å². The number of hydrogen-bond acceptors (Lipinski definition) is 0. The molecule has 0 atom stereocenters. The van der Waals surface area contributed by atoms with Crippen molar-refractivity contribution in [3.8, 4) is 11.1 Å². The van der Waals surface area contributed by atoms with E-state index in [2.05, 4.69) is 106 Å². The molecule has 0 aliphatic heterocycles. The zero-order chi connectivity index (χ0) is 23.4. The van der Waals surface area contributed by atoms with Gasteiger partial charge in [-0.2, -0.15) is 0 Å². The molecule has 0 aromatic heterocycles. The van der Waals surface area contributed by atoms with Crippen molar-refractivity contribution >= 4 is 24.3 Å². The van der Waals surface area contributed by atoms with Crippen molar-refractivity contribution < 1.29 is 17.0 Å². The molecule has 4 aromatic rings. The average Bonchev–Trinajstić information content (AvgIpc) is 3.14. The standard InChI is InChI=1S/C29H26N.2ClH.Ti/c1-19-16-20(2)29(21(3)17-19)30-18-22-10-4-5-11-23(22)28-26-14-8-6-12-24(26)25-13-7-9-15-27(25)28;;;/h4-17,28H,18H2,1-3H3;2*1H;/q-1;;;+2/p-2. The normalized spacial score (nSPS) is 11.8. The van der Waals surface area contributed by atoms with E-state index in [-0.39, 0.29) is 5.92 Å². The second-order valence-electron chi connectivity index (χ2n) is 8.44. The Hall–Kier alpha value is -2.03. The van der Waals surface area contributed by atoms with E-state index < -0.39 is 17.0 Å². The van der Waals surface area contributed by atoms with Crippen LogP contribution in [0.2, 0.25) is 0 Å². The van der Waals surface area contributed by atoms with Crippen LogP contribution < -0.4 is 0 Å². The number of hydrogen-bond donors (Lipinski definition) is 0. The van der Waals surface area contributed by atoms with Crippen LogP contribution in [0.1, 0.15) is 44.9 Å². The van der Waals surface area contributed by atoms with Crippen molar-refractivity contribution in [3.05, 3.63) is 129 Å². The van der Waals surface area contributed by atoms with Gasteiger partial charge in [-0.3, -0.25) is 0 Å². The molecule has 4 aromatic carbocycles. The van der Waals surface area contributed by atoms with Gasteiger partial charge < -0.3 is 5.32 Å². The van der Waals surface area contributed by atoms with Crippen LogP contribution in [0.15, 0.2) is 84.9 Å². The van der Waals surface area contributed by atoms with Gasteiger partial charge in [0.25, 0.3) is 0 Å². The van der Waals surface area contributed by atoms with Gasteiger partial charge in [0.05, 0.1) is 0 Å². The molecule has 0 bridgehead atoms. The van der Waals surface area contributed by atoms with Crippen LogP contribution in [0, 0.1) is 20.8 Å². The monoisotopic (exact) mass is 506 g/mol. The Labute approximate surface area is 213 Å². The van der Waals surface area contributed by atoms with Gasteiger partial charge in [0.2, 0.25) is 0 Å². The maximum absolute atomic E-state index is 5.06. The predicted octanol–water partition coefficient (Wildman–Crippen LogP) is 9.35. The first-order chi connectivity index (χ1) is 16.0. The van der Waals surface area contributed by atoms with Crippen LogP contribution in [0.4, 0.5) is 5.69 Å². The van der Waals surface area contributed by atoms with Gasteiger partial charge in [0, 0.05) is 5.92 Å². The van der Waals surface area contributed by atoms with E-state index in [4.69, 9.17) is 23.9 Å². The molecule has 0 saturated heterocycles. The minimum atomic E-state index is -0.556. The third-order valence-corrected chi connectivity index (χ3v) is 6.24. The molecule has 166 valence electrons. The summed E-state index contributed by atoms with van der Waals surface area (Å²) in [6.07, 6.45) is 0. The van der Waals surface area contributed by atoms with Gasteiger partial charge in [-0.25, -0.2) is 0 Å². The Bertz CT molecular complexity index is 1200. The van der Waals surface area contributed by atoms with Crippen LogP contribution in [-0.2, 0) is 23.6 Å². The summed E-state index contributed by atoms with van der Waals surface area (Å²) in [5.41, 5.74) is 13.1. The molecule has 1 aliphatic carbocycles. The quantitative estimate of drug-likeness (QED) is 0.215. The molecule has 1 aliphatic rings. The second kappa shape index (κ2) is 10.9. The molecule has 0 spiro atoms. The van der Waals surface area contributed by atoms with Crippen molar-refractivity contribution in [2.45, 2.75) is 33.2 Å². The fourth-order valence-corrected chi connectivity index (χ4v) is 5.04. The number of aryl methyl sites for hydroxylation is 3. The van der Waals surface area contributed by atoms with E-state index in [1.807, 2.05) is 0 Å². The van der Waals surface area contributed by atoms with Gasteiger partial charge in [-0.1, -0.05) is 107 Å². The Morgan fingerprint density at radius 1 is 0.697 bits per heavy atom. The van der Waals surface area contributed by atoms with Crippen molar-refractivity contribution in [2.75, 3.05) is 0 Å². The van der Waals surface area contributed by atoms with Crippen LogP contribution >= 0.6 is 18.6 Å². The number of halogens is 2. The summed E-state index contributed by atoms with van der Waals surface area (Å²) in [7, 11) is 9.78. The van der Waals surface area contributed by atoms with E-state index in [1.165, 1.54) is 50.1 Å². The molecular weight excluding hydrogens is 481 g/mol. The number of rotatable bonds is 4. The van der Waals surface area contributed by atoms with Gasteiger partial charge in [0.1, 0.15) is 0 Å². The summed E-state index contributed by atoms with van der Waals surface area (Å²) in [6, 6.07) is 30.9. The Morgan fingerprint density at radius 3 is 1.70 bits per heavy atom.